The number of hydrogen-bond donors (Lipinski definition) is 0. The minimum atomic E-state index is 0.970. The zero-order valence-corrected chi connectivity index (χ0v) is 13.0. The van der Waals surface area contributed by atoms with Gasteiger partial charge in [0.2, 0.25) is 0 Å². The van der Waals surface area contributed by atoms with E-state index in [1.54, 1.807) is 7.11 Å². The van der Waals surface area contributed by atoms with Crippen molar-refractivity contribution in [1.82, 2.24) is 0 Å². The fraction of sp³-hybridized carbons (Fsp3) is 0.625. The summed E-state index contributed by atoms with van der Waals surface area (Å²) in [5.74, 6) is 0.970. The monoisotopic (exact) mass is 240 g/mol. The van der Waals surface area contributed by atoms with Crippen molar-refractivity contribution in [2.75, 3.05) is 7.11 Å². The van der Waals surface area contributed by atoms with E-state index < -0.39 is 0 Å². The minimum absolute atomic E-state index is 0.970. The van der Waals surface area contributed by atoms with E-state index in [0.717, 1.165) is 18.6 Å². The molecule has 1 nitrogen and oxygen atoms in total. The molecule has 0 aromatic heterocycles. The summed E-state index contributed by atoms with van der Waals surface area (Å²) >= 11 is 0. The predicted molar refractivity (Wildman–Crippen MR) is 81.3 cm³/mol. The molecule has 0 atom stereocenters. The van der Waals surface area contributed by atoms with E-state index in [9.17, 15) is 0 Å². The fourth-order valence-electron chi connectivity index (χ4n) is 1.23. The molecule has 0 radical (unpaired) electrons. The number of allylic oxidation sites excluding steroid dienone is 4. The molecule has 1 rings (SSSR count). The van der Waals surface area contributed by atoms with Gasteiger partial charge in [-0.25, -0.2) is 0 Å². The highest BCUT2D eigenvalue weighted by molar-refractivity contribution is 5.29. The molecule has 0 unspecified atom stereocenters. The lowest BCUT2D eigenvalue weighted by molar-refractivity contribution is 0.302. The minimum Gasteiger partial charge on any atom is -0.496 e. The Morgan fingerprint density at radius 2 is 1.65 bits per heavy atom. The van der Waals surface area contributed by atoms with Gasteiger partial charge in [0.1, 0.15) is 5.76 Å². The maximum absolute atomic E-state index is 5.20. The summed E-state index contributed by atoms with van der Waals surface area (Å²) in [5.41, 5.74) is 1.22. The Labute approximate surface area is 109 Å². The van der Waals surface area contributed by atoms with Crippen molar-refractivity contribution in [2.45, 2.75) is 60.8 Å². The first-order chi connectivity index (χ1) is 8.38. The Morgan fingerprint density at radius 3 is 2.06 bits per heavy atom. The lowest BCUT2D eigenvalue weighted by atomic mass is 10.1. The Kier molecular flexibility index (Phi) is 25.6. The van der Waals surface area contributed by atoms with Crippen LogP contribution in [0.25, 0.3) is 0 Å². The highest BCUT2D eigenvalue weighted by Crippen LogP contribution is 2.19. The van der Waals surface area contributed by atoms with Gasteiger partial charge in [0.15, 0.2) is 0 Å². The molecular weight excluding hydrogens is 208 g/mol. The summed E-state index contributed by atoms with van der Waals surface area (Å²) in [5, 5.41) is 0. The van der Waals surface area contributed by atoms with Gasteiger partial charge >= 0.3 is 0 Å². The summed E-state index contributed by atoms with van der Waals surface area (Å²) in [6.45, 7) is 15.8. The van der Waals surface area contributed by atoms with Gasteiger partial charge in [0.05, 0.1) is 7.11 Å². The largest absolute Gasteiger partial charge is 0.496 e. The first-order valence-corrected chi connectivity index (χ1v) is 6.94. The van der Waals surface area contributed by atoms with E-state index >= 15 is 0 Å². The van der Waals surface area contributed by atoms with Crippen LogP contribution in [0.4, 0.5) is 0 Å². The Balaban J connectivity index is -0.000000285. The molecule has 0 aromatic rings. The van der Waals surface area contributed by atoms with Crippen LogP contribution >= 0.6 is 0 Å². The van der Waals surface area contributed by atoms with Gasteiger partial charge in [-0.05, 0) is 30.9 Å². The van der Waals surface area contributed by atoms with Crippen LogP contribution in [0.3, 0.4) is 0 Å². The first kappa shape index (κ1) is 21.3. The van der Waals surface area contributed by atoms with Crippen LogP contribution in [-0.2, 0) is 4.74 Å². The van der Waals surface area contributed by atoms with Crippen LogP contribution in [-0.4, -0.2) is 7.11 Å². The molecule has 0 aliphatic heterocycles. The van der Waals surface area contributed by atoms with E-state index in [2.05, 4.69) is 12.7 Å². The summed E-state index contributed by atoms with van der Waals surface area (Å²) in [4.78, 5) is 0. The van der Waals surface area contributed by atoms with Gasteiger partial charge in [-0.1, -0.05) is 60.3 Å². The molecule has 1 heteroatoms. The van der Waals surface area contributed by atoms with Crippen molar-refractivity contribution in [3.8, 4) is 0 Å². The fourth-order valence-corrected chi connectivity index (χ4v) is 1.23. The van der Waals surface area contributed by atoms with Crippen molar-refractivity contribution in [3.63, 3.8) is 0 Å². The number of rotatable bonds is 2. The van der Waals surface area contributed by atoms with Crippen LogP contribution in [0.15, 0.2) is 36.1 Å². The van der Waals surface area contributed by atoms with E-state index in [-0.39, 0.29) is 0 Å². The molecule has 0 aromatic carbocycles. The smallest absolute Gasteiger partial charge is 0.121 e. The normalized spacial score (nSPS) is 12.6. The summed E-state index contributed by atoms with van der Waals surface area (Å²) in [7, 11) is 1.70. The zero-order chi connectivity index (χ0) is 14.1. The van der Waals surface area contributed by atoms with Crippen molar-refractivity contribution in [1.29, 1.82) is 0 Å². The molecular formula is C16H32O. The maximum atomic E-state index is 5.20. The van der Waals surface area contributed by atoms with Crippen LogP contribution in [0.2, 0.25) is 0 Å². The maximum Gasteiger partial charge on any atom is 0.121 e. The van der Waals surface area contributed by atoms with Gasteiger partial charge in [-0.15, -0.1) is 0 Å². The summed E-state index contributed by atoms with van der Waals surface area (Å²) in [6.07, 6.45) is 9.49. The highest BCUT2D eigenvalue weighted by Gasteiger charge is 2.03. The molecule has 17 heavy (non-hydrogen) atoms. The Hall–Kier alpha value is -0.980. The third-order valence-electron chi connectivity index (χ3n) is 1.87. The topological polar surface area (TPSA) is 9.23 Å². The molecule has 0 saturated carbocycles. The quantitative estimate of drug-likeness (QED) is 0.584. The number of methoxy groups -OCH3 is 1. The van der Waals surface area contributed by atoms with Gasteiger partial charge in [-0.3, -0.25) is 0 Å². The number of hydrogen-bond acceptors (Lipinski definition) is 1. The van der Waals surface area contributed by atoms with Crippen LogP contribution in [0.5, 0.6) is 0 Å². The van der Waals surface area contributed by atoms with Crippen molar-refractivity contribution >= 4 is 0 Å². The third-order valence-corrected chi connectivity index (χ3v) is 1.87. The molecule has 1 aliphatic rings. The average molecular weight is 240 g/mol. The second-order valence-electron chi connectivity index (χ2n) is 2.59. The number of ether oxygens (including phenoxy) is 1. The van der Waals surface area contributed by atoms with Crippen molar-refractivity contribution in [2.24, 2.45) is 0 Å². The lowest BCUT2D eigenvalue weighted by Gasteiger charge is -2.04. The second kappa shape index (κ2) is 20.4. The van der Waals surface area contributed by atoms with E-state index in [1.807, 2.05) is 53.7 Å². The van der Waals surface area contributed by atoms with Gasteiger partial charge in [0.25, 0.3) is 0 Å². The van der Waals surface area contributed by atoms with Crippen molar-refractivity contribution in [3.05, 3.63) is 36.1 Å². The van der Waals surface area contributed by atoms with Gasteiger partial charge < -0.3 is 4.74 Å². The zero-order valence-electron chi connectivity index (χ0n) is 13.0. The van der Waals surface area contributed by atoms with Gasteiger partial charge in [-0.2, -0.15) is 0 Å². The second-order valence-corrected chi connectivity index (χ2v) is 2.59. The lowest BCUT2D eigenvalue weighted by Crippen LogP contribution is -1.87. The molecule has 0 bridgehead atoms. The molecule has 0 spiro atoms. The van der Waals surface area contributed by atoms with Crippen LogP contribution in [0, 0.1) is 0 Å². The van der Waals surface area contributed by atoms with Crippen LogP contribution < -0.4 is 0 Å². The predicted octanol–water partition coefficient (Wildman–Crippen LogP) is 5.89. The first-order valence-electron chi connectivity index (χ1n) is 6.94. The van der Waals surface area contributed by atoms with Crippen molar-refractivity contribution < 1.29 is 4.74 Å². The average Bonchev–Trinajstić information content (AvgIpc) is 2.70. The molecule has 0 fully saturated rings. The van der Waals surface area contributed by atoms with Crippen LogP contribution in [0.1, 0.15) is 60.8 Å². The van der Waals surface area contributed by atoms with E-state index in [4.69, 9.17) is 4.74 Å². The third kappa shape index (κ3) is 11.3. The molecule has 0 heterocycles. The van der Waals surface area contributed by atoms with Gasteiger partial charge in [0, 0.05) is 0 Å². The SMILES string of the molecule is C=CC1=C(OC)C=CCCC1.CC.CC.CC. The molecule has 0 amide bonds. The van der Waals surface area contributed by atoms with E-state index in [0.29, 0.717) is 0 Å². The Bertz CT molecular complexity index is 200. The molecule has 0 saturated heterocycles. The molecule has 102 valence electrons. The molecule has 1 aliphatic carbocycles. The molecule has 0 N–H and O–H groups in total. The highest BCUT2D eigenvalue weighted by atomic mass is 16.5. The standard InChI is InChI=1S/C10H14O.3C2H6/c1-3-9-7-5-4-6-8-10(9)11-2;3*1-2/h3,6,8H,1,4-5,7H2,2H3;3*1-2H3. The Morgan fingerprint density at radius 1 is 1.12 bits per heavy atom. The van der Waals surface area contributed by atoms with E-state index in [1.165, 1.54) is 12.0 Å². The summed E-state index contributed by atoms with van der Waals surface area (Å²) < 4.78 is 5.20. The summed E-state index contributed by atoms with van der Waals surface area (Å²) in [6, 6.07) is 0.